The Hall–Kier alpha value is -1.69. The van der Waals surface area contributed by atoms with Crippen LogP contribution in [0.2, 0.25) is 0 Å². The fourth-order valence-electron chi connectivity index (χ4n) is 0.972. The minimum Gasteiger partial charge on any atom is -0.325 e. The van der Waals surface area contributed by atoms with Crippen LogP contribution in [-0.4, -0.2) is 16.2 Å². The minimum absolute atomic E-state index is 0.130. The summed E-state index contributed by atoms with van der Waals surface area (Å²) in [6, 6.07) is 3.07. The lowest BCUT2D eigenvalue weighted by Gasteiger charge is -2.06. The Labute approximate surface area is 95.4 Å². The zero-order valence-electron chi connectivity index (χ0n) is 8.24. The van der Waals surface area contributed by atoms with E-state index in [2.05, 4.69) is 5.32 Å². The molecule has 1 aromatic rings. The molecule has 1 amide bonds. The van der Waals surface area contributed by atoms with Gasteiger partial charge >= 0.3 is 5.69 Å². The monoisotopic (exact) mass is 246 g/mol. The van der Waals surface area contributed by atoms with Gasteiger partial charge in [-0.15, -0.1) is 11.6 Å². The van der Waals surface area contributed by atoms with Crippen molar-refractivity contribution in [3.8, 4) is 0 Å². The molecule has 86 valence electrons. The number of benzene rings is 1. The van der Waals surface area contributed by atoms with Gasteiger partial charge < -0.3 is 5.32 Å². The number of nitro groups is 1. The zero-order valence-corrected chi connectivity index (χ0v) is 8.99. The van der Waals surface area contributed by atoms with E-state index < -0.39 is 27.7 Å². The largest absolute Gasteiger partial charge is 0.325 e. The van der Waals surface area contributed by atoms with E-state index in [1.165, 1.54) is 13.0 Å². The third-order valence-corrected chi connectivity index (χ3v) is 1.97. The molecule has 0 saturated heterocycles. The molecule has 0 heterocycles. The summed E-state index contributed by atoms with van der Waals surface area (Å²) in [7, 11) is 0. The Morgan fingerprint density at radius 2 is 2.25 bits per heavy atom. The van der Waals surface area contributed by atoms with Crippen LogP contribution in [0, 0.1) is 15.9 Å². The van der Waals surface area contributed by atoms with E-state index in [0.717, 1.165) is 12.1 Å². The number of alkyl halides is 1. The van der Waals surface area contributed by atoms with Gasteiger partial charge in [0.2, 0.25) is 11.7 Å². The highest BCUT2D eigenvalue weighted by atomic mass is 35.5. The van der Waals surface area contributed by atoms with Crippen LogP contribution in [0.4, 0.5) is 15.8 Å². The molecule has 0 unspecified atom stereocenters. The van der Waals surface area contributed by atoms with Gasteiger partial charge in [0.05, 0.1) is 4.92 Å². The van der Waals surface area contributed by atoms with Gasteiger partial charge in [-0.25, -0.2) is 0 Å². The van der Waals surface area contributed by atoms with Crippen LogP contribution in [0.25, 0.3) is 0 Å². The molecule has 0 aromatic heterocycles. The van der Waals surface area contributed by atoms with Gasteiger partial charge in [0.25, 0.3) is 0 Å². The number of hydrogen-bond donors (Lipinski definition) is 1. The summed E-state index contributed by atoms with van der Waals surface area (Å²) < 4.78 is 12.9. The van der Waals surface area contributed by atoms with E-state index in [1.807, 2.05) is 0 Å². The van der Waals surface area contributed by atoms with E-state index in [1.54, 1.807) is 0 Å². The number of hydrogen-bond acceptors (Lipinski definition) is 3. The van der Waals surface area contributed by atoms with Gasteiger partial charge in [0.15, 0.2) is 0 Å². The highest BCUT2D eigenvalue weighted by Gasteiger charge is 2.16. The molecule has 0 fully saturated rings. The Kier molecular flexibility index (Phi) is 3.78. The second kappa shape index (κ2) is 4.89. The summed E-state index contributed by atoms with van der Waals surface area (Å²) in [6.07, 6.45) is 0. The minimum atomic E-state index is -0.957. The van der Waals surface area contributed by atoms with E-state index >= 15 is 0 Å². The van der Waals surface area contributed by atoms with Crippen LogP contribution in [0.5, 0.6) is 0 Å². The van der Waals surface area contributed by atoms with Crippen LogP contribution in [-0.2, 0) is 4.79 Å². The molecule has 1 aromatic carbocycles. The standard InChI is InChI=1S/C9H8ClFN2O3/c1-5(10)9(14)12-6-2-3-7(11)8(4-6)13(15)16/h2-5H,1H3,(H,12,14)/t5-/m1/s1. The molecule has 5 nitrogen and oxygen atoms in total. The molecule has 0 aliphatic carbocycles. The van der Waals surface area contributed by atoms with Crippen LogP contribution >= 0.6 is 11.6 Å². The van der Waals surface area contributed by atoms with E-state index in [4.69, 9.17) is 11.6 Å². The first-order valence-corrected chi connectivity index (χ1v) is 4.74. The van der Waals surface area contributed by atoms with Crippen LogP contribution in [0.15, 0.2) is 18.2 Å². The normalized spacial score (nSPS) is 11.9. The lowest BCUT2D eigenvalue weighted by atomic mass is 10.2. The number of halogens is 2. The van der Waals surface area contributed by atoms with Gasteiger partial charge in [0, 0.05) is 11.8 Å². The maximum Gasteiger partial charge on any atom is 0.306 e. The van der Waals surface area contributed by atoms with Crippen molar-refractivity contribution in [2.45, 2.75) is 12.3 Å². The number of rotatable bonds is 3. The van der Waals surface area contributed by atoms with Crippen LogP contribution < -0.4 is 5.32 Å². The summed E-state index contributed by atoms with van der Waals surface area (Å²) in [6.45, 7) is 1.45. The summed E-state index contributed by atoms with van der Waals surface area (Å²) in [4.78, 5) is 20.7. The summed E-state index contributed by atoms with van der Waals surface area (Å²) in [5.74, 6) is -1.47. The molecule has 1 N–H and O–H groups in total. The smallest absolute Gasteiger partial charge is 0.306 e. The van der Waals surface area contributed by atoms with Gasteiger partial charge in [-0.3, -0.25) is 14.9 Å². The predicted octanol–water partition coefficient (Wildman–Crippen LogP) is 2.30. The number of carbonyl (C=O) groups is 1. The lowest BCUT2D eigenvalue weighted by molar-refractivity contribution is -0.387. The molecule has 0 spiro atoms. The van der Waals surface area contributed by atoms with Crippen molar-refractivity contribution in [3.05, 3.63) is 34.1 Å². The Morgan fingerprint density at radius 3 is 2.75 bits per heavy atom. The molecule has 1 atom stereocenters. The van der Waals surface area contributed by atoms with Gasteiger partial charge in [-0.1, -0.05) is 0 Å². The predicted molar refractivity (Wildman–Crippen MR) is 57.0 cm³/mol. The fourth-order valence-corrected chi connectivity index (χ4v) is 1.03. The number of nitro benzene ring substituents is 1. The van der Waals surface area contributed by atoms with Crippen molar-refractivity contribution < 1.29 is 14.1 Å². The first kappa shape index (κ1) is 12.4. The Balaban J connectivity index is 2.95. The number of nitrogens with one attached hydrogen (secondary N) is 1. The summed E-state index contributed by atoms with van der Waals surface area (Å²) in [5, 5.41) is 12.0. The van der Waals surface area contributed by atoms with Crippen molar-refractivity contribution in [1.29, 1.82) is 0 Å². The number of anilines is 1. The van der Waals surface area contributed by atoms with E-state index in [9.17, 15) is 19.3 Å². The van der Waals surface area contributed by atoms with Crippen LogP contribution in [0.1, 0.15) is 6.92 Å². The molecular formula is C9H8ClFN2O3. The summed E-state index contributed by atoms with van der Waals surface area (Å²) in [5.41, 5.74) is -0.564. The zero-order chi connectivity index (χ0) is 12.3. The van der Waals surface area contributed by atoms with Gasteiger partial charge in [-0.05, 0) is 19.1 Å². The lowest BCUT2D eigenvalue weighted by Crippen LogP contribution is -2.20. The highest BCUT2D eigenvalue weighted by Crippen LogP contribution is 2.21. The first-order chi connectivity index (χ1) is 7.41. The third kappa shape index (κ3) is 2.90. The SMILES string of the molecule is C[C@@H](Cl)C(=O)Nc1ccc(F)c([N+](=O)[O-])c1. The quantitative estimate of drug-likeness (QED) is 0.505. The molecular weight excluding hydrogens is 239 g/mol. The maximum atomic E-state index is 12.9. The van der Waals surface area contributed by atoms with Crippen molar-refractivity contribution >= 4 is 28.9 Å². The van der Waals surface area contributed by atoms with E-state index in [-0.39, 0.29) is 5.69 Å². The van der Waals surface area contributed by atoms with Gasteiger partial charge in [-0.2, -0.15) is 4.39 Å². The third-order valence-electron chi connectivity index (χ3n) is 1.77. The first-order valence-electron chi connectivity index (χ1n) is 4.30. The molecule has 0 radical (unpaired) electrons. The number of nitrogens with zero attached hydrogens (tertiary/aromatic N) is 1. The number of amides is 1. The highest BCUT2D eigenvalue weighted by molar-refractivity contribution is 6.32. The van der Waals surface area contributed by atoms with Gasteiger partial charge in [0.1, 0.15) is 5.38 Å². The van der Waals surface area contributed by atoms with Crippen molar-refractivity contribution in [1.82, 2.24) is 0 Å². The maximum absolute atomic E-state index is 12.9. The number of carbonyl (C=O) groups excluding carboxylic acids is 1. The molecule has 0 saturated carbocycles. The molecule has 1 rings (SSSR count). The topological polar surface area (TPSA) is 72.2 Å². The molecule has 16 heavy (non-hydrogen) atoms. The van der Waals surface area contributed by atoms with Crippen molar-refractivity contribution in [3.63, 3.8) is 0 Å². The average molecular weight is 247 g/mol. The Bertz CT molecular complexity index is 437. The van der Waals surface area contributed by atoms with Crippen molar-refractivity contribution in [2.24, 2.45) is 0 Å². The molecule has 0 aliphatic rings. The van der Waals surface area contributed by atoms with Crippen LogP contribution in [0.3, 0.4) is 0 Å². The average Bonchev–Trinajstić information content (AvgIpc) is 2.20. The fraction of sp³-hybridized carbons (Fsp3) is 0.222. The molecule has 0 bridgehead atoms. The summed E-state index contributed by atoms with van der Waals surface area (Å²) >= 11 is 5.49. The Morgan fingerprint density at radius 1 is 1.62 bits per heavy atom. The van der Waals surface area contributed by atoms with Crippen molar-refractivity contribution in [2.75, 3.05) is 5.32 Å². The molecule has 7 heteroatoms. The molecule has 0 aliphatic heterocycles. The second-order valence-corrected chi connectivity index (χ2v) is 3.68. The second-order valence-electron chi connectivity index (χ2n) is 3.03. The van der Waals surface area contributed by atoms with E-state index in [0.29, 0.717) is 0 Å².